The summed E-state index contributed by atoms with van der Waals surface area (Å²) in [5.74, 6) is 6.36. The summed E-state index contributed by atoms with van der Waals surface area (Å²) >= 11 is 0. The Labute approximate surface area is 99.4 Å². The minimum Gasteiger partial charge on any atom is -0.378 e. The lowest BCUT2D eigenvalue weighted by atomic mass is 9.77. The largest absolute Gasteiger partial charge is 0.378 e. The summed E-state index contributed by atoms with van der Waals surface area (Å²) in [7, 11) is 0. The zero-order valence-electron chi connectivity index (χ0n) is 10.7. The highest BCUT2D eigenvalue weighted by Crippen LogP contribution is 2.34. The molecular formula is C13H26N2O. The van der Waals surface area contributed by atoms with E-state index in [2.05, 4.69) is 25.9 Å². The molecule has 1 aliphatic carbocycles. The van der Waals surface area contributed by atoms with Crippen LogP contribution in [-0.2, 0) is 4.74 Å². The van der Waals surface area contributed by atoms with Gasteiger partial charge in [-0.15, -0.1) is 6.58 Å². The van der Waals surface area contributed by atoms with Gasteiger partial charge < -0.3 is 4.74 Å². The molecule has 3 N–H and O–H groups in total. The smallest absolute Gasteiger partial charge is 0.0580 e. The van der Waals surface area contributed by atoms with Crippen molar-refractivity contribution < 1.29 is 4.74 Å². The van der Waals surface area contributed by atoms with Crippen molar-refractivity contribution in [3.63, 3.8) is 0 Å². The van der Waals surface area contributed by atoms with Crippen molar-refractivity contribution in [2.75, 3.05) is 6.61 Å². The van der Waals surface area contributed by atoms with Crippen LogP contribution in [0.2, 0.25) is 0 Å². The van der Waals surface area contributed by atoms with Gasteiger partial charge in [0.25, 0.3) is 0 Å². The van der Waals surface area contributed by atoms with Crippen molar-refractivity contribution >= 4 is 0 Å². The maximum Gasteiger partial charge on any atom is 0.0580 e. The van der Waals surface area contributed by atoms with Crippen LogP contribution >= 0.6 is 0 Å². The molecule has 1 aliphatic rings. The van der Waals surface area contributed by atoms with Gasteiger partial charge in [-0.3, -0.25) is 11.3 Å². The quantitative estimate of drug-likeness (QED) is 0.379. The van der Waals surface area contributed by atoms with Crippen LogP contribution in [-0.4, -0.2) is 18.8 Å². The van der Waals surface area contributed by atoms with E-state index in [1.165, 1.54) is 24.8 Å². The number of hydrazine groups is 1. The first-order valence-electron chi connectivity index (χ1n) is 6.37. The monoisotopic (exact) mass is 226 g/mol. The van der Waals surface area contributed by atoms with Crippen LogP contribution in [0.15, 0.2) is 12.2 Å². The van der Waals surface area contributed by atoms with Crippen LogP contribution < -0.4 is 11.3 Å². The Morgan fingerprint density at radius 2 is 2.25 bits per heavy atom. The van der Waals surface area contributed by atoms with E-state index in [1.54, 1.807) is 0 Å². The second-order valence-corrected chi connectivity index (χ2v) is 5.01. The van der Waals surface area contributed by atoms with E-state index in [1.807, 2.05) is 0 Å². The van der Waals surface area contributed by atoms with Gasteiger partial charge in [0, 0.05) is 12.6 Å². The summed E-state index contributed by atoms with van der Waals surface area (Å²) < 4.78 is 5.56. The fraction of sp³-hybridized carbons (Fsp3) is 0.846. The molecule has 0 amide bonds. The first-order valence-corrected chi connectivity index (χ1v) is 6.37. The molecule has 1 rings (SSSR count). The Morgan fingerprint density at radius 3 is 2.75 bits per heavy atom. The first kappa shape index (κ1) is 13.7. The Balaban J connectivity index is 2.12. The van der Waals surface area contributed by atoms with Gasteiger partial charge in [-0.05, 0) is 51.9 Å². The van der Waals surface area contributed by atoms with Gasteiger partial charge in [-0.25, -0.2) is 0 Å². The Kier molecular flexibility index (Phi) is 6.03. The van der Waals surface area contributed by atoms with Crippen LogP contribution in [0, 0.1) is 5.92 Å². The van der Waals surface area contributed by atoms with Crippen molar-refractivity contribution in [1.82, 2.24) is 5.43 Å². The summed E-state index contributed by atoms with van der Waals surface area (Å²) in [6.07, 6.45) is 6.26. The van der Waals surface area contributed by atoms with Crippen LogP contribution in [0.3, 0.4) is 0 Å². The topological polar surface area (TPSA) is 47.3 Å². The lowest BCUT2D eigenvalue weighted by Gasteiger charge is -2.37. The molecule has 0 heterocycles. The second-order valence-electron chi connectivity index (χ2n) is 5.01. The summed E-state index contributed by atoms with van der Waals surface area (Å²) in [4.78, 5) is 0. The fourth-order valence-corrected chi connectivity index (χ4v) is 2.33. The van der Waals surface area contributed by atoms with Gasteiger partial charge in [-0.1, -0.05) is 5.57 Å². The number of nitrogens with one attached hydrogen (secondary N) is 1. The molecule has 94 valence electrons. The van der Waals surface area contributed by atoms with Crippen LogP contribution in [0.4, 0.5) is 0 Å². The van der Waals surface area contributed by atoms with Crippen LogP contribution in [0.5, 0.6) is 0 Å². The molecular weight excluding hydrogens is 200 g/mol. The normalized spacial score (nSPS) is 26.2. The molecule has 0 spiro atoms. The van der Waals surface area contributed by atoms with Crippen molar-refractivity contribution in [1.29, 1.82) is 0 Å². The van der Waals surface area contributed by atoms with Gasteiger partial charge in [0.15, 0.2) is 0 Å². The number of hydrogen-bond acceptors (Lipinski definition) is 3. The highest BCUT2D eigenvalue weighted by molar-refractivity contribution is 4.90. The zero-order chi connectivity index (χ0) is 12.0. The van der Waals surface area contributed by atoms with E-state index in [-0.39, 0.29) is 0 Å². The molecule has 1 unspecified atom stereocenters. The molecule has 0 saturated heterocycles. The predicted octanol–water partition coefficient (Wildman–Crippen LogP) is 2.38. The third-order valence-corrected chi connectivity index (χ3v) is 3.37. The van der Waals surface area contributed by atoms with Gasteiger partial charge in [0.2, 0.25) is 0 Å². The summed E-state index contributed by atoms with van der Waals surface area (Å²) in [6, 6.07) is 0.435. The van der Waals surface area contributed by atoms with E-state index in [4.69, 9.17) is 10.6 Å². The average molecular weight is 226 g/mol. The SMILES string of the molecule is C=C(C)CCC(CC1CC(OCC)C1)NN. The molecule has 1 saturated carbocycles. The molecule has 0 aromatic rings. The molecule has 1 fully saturated rings. The first-order chi connectivity index (χ1) is 7.65. The molecule has 0 aliphatic heterocycles. The lowest BCUT2D eigenvalue weighted by Crippen LogP contribution is -2.41. The average Bonchev–Trinajstić information content (AvgIpc) is 2.19. The molecule has 3 heteroatoms. The van der Waals surface area contributed by atoms with Crippen molar-refractivity contribution in [3.8, 4) is 0 Å². The van der Waals surface area contributed by atoms with E-state index < -0.39 is 0 Å². The predicted molar refractivity (Wildman–Crippen MR) is 67.9 cm³/mol. The van der Waals surface area contributed by atoms with Gasteiger partial charge in [0.05, 0.1) is 6.10 Å². The minimum absolute atomic E-state index is 0.435. The lowest BCUT2D eigenvalue weighted by molar-refractivity contribution is -0.0292. The molecule has 0 bridgehead atoms. The van der Waals surface area contributed by atoms with Gasteiger partial charge >= 0.3 is 0 Å². The van der Waals surface area contributed by atoms with E-state index in [9.17, 15) is 0 Å². The second kappa shape index (κ2) is 7.05. The third kappa shape index (κ3) is 4.64. The fourth-order valence-electron chi connectivity index (χ4n) is 2.33. The highest BCUT2D eigenvalue weighted by atomic mass is 16.5. The Bertz CT molecular complexity index is 212. The van der Waals surface area contributed by atoms with Crippen molar-refractivity contribution in [2.24, 2.45) is 11.8 Å². The summed E-state index contributed by atoms with van der Waals surface area (Å²) in [5.41, 5.74) is 4.16. The Hall–Kier alpha value is -0.380. The number of nitrogens with two attached hydrogens (primary N) is 1. The van der Waals surface area contributed by atoms with E-state index in [0.717, 1.165) is 25.4 Å². The molecule has 16 heavy (non-hydrogen) atoms. The van der Waals surface area contributed by atoms with Crippen LogP contribution in [0.25, 0.3) is 0 Å². The number of ether oxygens (including phenoxy) is 1. The summed E-state index contributed by atoms with van der Waals surface area (Å²) in [5, 5.41) is 0. The number of rotatable bonds is 8. The maximum atomic E-state index is 5.57. The highest BCUT2D eigenvalue weighted by Gasteiger charge is 2.30. The minimum atomic E-state index is 0.435. The zero-order valence-corrected chi connectivity index (χ0v) is 10.7. The van der Waals surface area contributed by atoms with E-state index >= 15 is 0 Å². The molecule has 1 atom stereocenters. The molecule has 0 aromatic heterocycles. The molecule has 3 nitrogen and oxygen atoms in total. The van der Waals surface area contributed by atoms with Crippen molar-refractivity contribution in [3.05, 3.63) is 12.2 Å². The number of allylic oxidation sites excluding steroid dienone is 1. The summed E-state index contributed by atoms with van der Waals surface area (Å²) in [6.45, 7) is 8.89. The van der Waals surface area contributed by atoms with E-state index in [0.29, 0.717) is 12.1 Å². The maximum absolute atomic E-state index is 5.57. The van der Waals surface area contributed by atoms with Gasteiger partial charge in [0.1, 0.15) is 0 Å². The van der Waals surface area contributed by atoms with Crippen LogP contribution in [0.1, 0.15) is 46.0 Å². The standard InChI is InChI=1S/C13H26N2O/c1-4-16-13-8-11(9-13)7-12(15-14)6-5-10(2)3/h11-13,15H,2,4-9,14H2,1,3H3. The number of hydrogen-bond donors (Lipinski definition) is 2. The van der Waals surface area contributed by atoms with Gasteiger partial charge in [-0.2, -0.15) is 0 Å². The molecule has 0 aromatic carbocycles. The van der Waals surface area contributed by atoms with Crippen molar-refractivity contribution in [2.45, 2.75) is 58.1 Å². The molecule has 0 radical (unpaired) electrons. The Morgan fingerprint density at radius 1 is 1.56 bits per heavy atom. The third-order valence-electron chi connectivity index (χ3n) is 3.37.